The molecule has 0 aliphatic carbocycles. The highest BCUT2D eigenvalue weighted by atomic mass is 32.2. The number of hydrogen-bond donors (Lipinski definition) is 1. The van der Waals surface area contributed by atoms with Crippen molar-refractivity contribution in [2.45, 2.75) is 26.2 Å². The summed E-state index contributed by atoms with van der Waals surface area (Å²) in [5, 5.41) is 3.32. The molecule has 30 heavy (non-hydrogen) atoms. The summed E-state index contributed by atoms with van der Waals surface area (Å²) in [7, 11) is 0. The molecule has 1 N–H and O–H groups in total. The Kier molecular flexibility index (Phi) is 7.70. The molecular weight excluding hydrogens is 394 g/mol. The number of aromatic nitrogens is 2. The van der Waals surface area contributed by atoms with Gasteiger partial charge in [0.2, 0.25) is 5.95 Å². The van der Waals surface area contributed by atoms with Crippen molar-refractivity contribution in [1.82, 2.24) is 14.9 Å². The van der Waals surface area contributed by atoms with Gasteiger partial charge in [-0.25, -0.2) is 4.98 Å². The van der Waals surface area contributed by atoms with Crippen molar-refractivity contribution >= 4 is 29.2 Å². The zero-order valence-corrected chi connectivity index (χ0v) is 18.7. The summed E-state index contributed by atoms with van der Waals surface area (Å²) in [5.74, 6) is 5.89. The van der Waals surface area contributed by atoms with E-state index in [1.807, 2.05) is 36.5 Å². The average molecular weight is 428 g/mol. The number of nitrogens with zero attached hydrogens (tertiary/aromatic N) is 4. The van der Waals surface area contributed by atoms with Gasteiger partial charge in [0.05, 0.1) is 6.61 Å². The third kappa shape index (κ3) is 6.25. The van der Waals surface area contributed by atoms with E-state index in [1.54, 1.807) is 0 Å². The Hall–Kier alpha value is -1.99. The summed E-state index contributed by atoms with van der Waals surface area (Å²) in [5.41, 5.74) is 0.970. The number of hydrogen-bond acceptors (Lipinski definition) is 7. The van der Waals surface area contributed by atoms with Crippen molar-refractivity contribution < 1.29 is 4.74 Å². The second kappa shape index (κ2) is 10.9. The molecule has 0 unspecified atom stereocenters. The minimum atomic E-state index is 0.638. The molecule has 2 aliphatic heterocycles. The van der Waals surface area contributed by atoms with Gasteiger partial charge in [-0.15, -0.1) is 0 Å². The van der Waals surface area contributed by atoms with Crippen molar-refractivity contribution in [3.8, 4) is 5.75 Å². The van der Waals surface area contributed by atoms with Crippen LogP contribution < -0.4 is 15.0 Å². The van der Waals surface area contributed by atoms with Crippen LogP contribution in [0.1, 0.15) is 26.2 Å². The first-order valence-corrected chi connectivity index (χ1v) is 12.3. The molecule has 7 heteroatoms. The van der Waals surface area contributed by atoms with Crippen molar-refractivity contribution in [1.29, 1.82) is 0 Å². The summed E-state index contributed by atoms with van der Waals surface area (Å²) in [6, 6.07) is 10.1. The third-order valence-electron chi connectivity index (χ3n) is 5.85. The predicted molar refractivity (Wildman–Crippen MR) is 126 cm³/mol. The van der Waals surface area contributed by atoms with E-state index in [-0.39, 0.29) is 0 Å². The van der Waals surface area contributed by atoms with Crippen molar-refractivity contribution in [3.05, 3.63) is 36.5 Å². The van der Waals surface area contributed by atoms with Gasteiger partial charge in [-0.05, 0) is 55.5 Å². The van der Waals surface area contributed by atoms with E-state index in [4.69, 9.17) is 9.72 Å². The van der Waals surface area contributed by atoms with E-state index in [9.17, 15) is 0 Å². The Morgan fingerprint density at radius 2 is 1.83 bits per heavy atom. The second-order valence-corrected chi connectivity index (χ2v) is 9.44. The van der Waals surface area contributed by atoms with Crippen LogP contribution >= 0.6 is 11.8 Å². The SMILES string of the molecule is CC1CCN(c2ccnc(Nc3ccc(OCCCN4CCSCC4)cc3)n2)CC1. The second-order valence-electron chi connectivity index (χ2n) is 8.21. The van der Waals surface area contributed by atoms with Gasteiger partial charge in [-0.3, -0.25) is 0 Å². The summed E-state index contributed by atoms with van der Waals surface area (Å²) in [6.45, 7) is 8.78. The van der Waals surface area contributed by atoms with Crippen LogP contribution in [0.25, 0.3) is 0 Å². The van der Waals surface area contributed by atoms with Gasteiger partial charge in [-0.2, -0.15) is 16.7 Å². The van der Waals surface area contributed by atoms with E-state index < -0.39 is 0 Å². The fourth-order valence-corrected chi connectivity index (χ4v) is 4.87. The zero-order valence-electron chi connectivity index (χ0n) is 17.9. The fourth-order valence-electron chi connectivity index (χ4n) is 3.89. The van der Waals surface area contributed by atoms with Crippen molar-refractivity contribution in [2.24, 2.45) is 5.92 Å². The lowest BCUT2D eigenvalue weighted by Gasteiger charge is -2.31. The first-order valence-electron chi connectivity index (χ1n) is 11.1. The molecule has 1 aromatic heterocycles. The Bertz CT molecular complexity index is 773. The monoisotopic (exact) mass is 427 g/mol. The standard InChI is InChI=1S/C23H33N5OS/c1-19-8-12-28(13-9-19)22-7-10-24-23(26-22)25-20-3-5-21(6-4-20)29-16-2-11-27-14-17-30-18-15-27/h3-7,10,19H,2,8-9,11-18H2,1H3,(H,24,25,26). The molecule has 2 aromatic rings. The van der Waals surface area contributed by atoms with Gasteiger partial charge in [-0.1, -0.05) is 6.92 Å². The maximum absolute atomic E-state index is 5.91. The summed E-state index contributed by atoms with van der Waals surface area (Å²) >= 11 is 2.05. The average Bonchev–Trinajstić information content (AvgIpc) is 2.79. The van der Waals surface area contributed by atoms with Crippen molar-refractivity contribution in [3.63, 3.8) is 0 Å². The molecule has 2 aliphatic rings. The number of piperidine rings is 1. The summed E-state index contributed by atoms with van der Waals surface area (Å²) in [6.07, 6.45) is 5.36. The number of ether oxygens (including phenoxy) is 1. The molecule has 2 fully saturated rings. The quantitative estimate of drug-likeness (QED) is 0.631. The van der Waals surface area contributed by atoms with E-state index >= 15 is 0 Å². The molecule has 4 rings (SSSR count). The number of thioether (sulfide) groups is 1. The van der Waals surface area contributed by atoms with Crippen LogP contribution in [0.2, 0.25) is 0 Å². The molecule has 1 aromatic carbocycles. The van der Waals surface area contributed by atoms with Crippen LogP contribution in [-0.2, 0) is 0 Å². The maximum Gasteiger partial charge on any atom is 0.229 e. The highest BCUT2D eigenvalue weighted by molar-refractivity contribution is 7.99. The van der Waals surface area contributed by atoms with Crippen LogP contribution in [0.3, 0.4) is 0 Å². The third-order valence-corrected chi connectivity index (χ3v) is 6.79. The Morgan fingerprint density at radius 1 is 1.07 bits per heavy atom. The molecule has 3 heterocycles. The molecule has 0 spiro atoms. The lowest BCUT2D eigenvalue weighted by Crippen LogP contribution is -2.33. The van der Waals surface area contributed by atoms with Gasteiger partial charge in [0.15, 0.2) is 0 Å². The molecule has 162 valence electrons. The van der Waals surface area contributed by atoms with Crippen molar-refractivity contribution in [2.75, 3.05) is 61.1 Å². The lowest BCUT2D eigenvalue weighted by molar-refractivity contribution is 0.248. The number of benzene rings is 1. The highest BCUT2D eigenvalue weighted by Crippen LogP contribution is 2.23. The Morgan fingerprint density at radius 3 is 2.60 bits per heavy atom. The summed E-state index contributed by atoms with van der Waals surface area (Å²) < 4.78 is 5.91. The largest absolute Gasteiger partial charge is 0.494 e. The van der Waals surface area contributed by atoms with Crippen LogP contribution in [-0.4, -0.2) is 65.7 Å². The Balaban J connectivity index is 1.24. The van der Waals surface area contributed by atoms with Gasteiger partial charge in [0, 0.05) is 56.1 Å². The maximum atomic E-state index is 5.91. The minimum Gasteiger partial charge on any atom is -0.494 e. The predicted octanol–water partition coefficient (Wildman–Crippen LogP) is 4.27. The van der Waals surface area contributed by atoms with E-state index in [0.29, 0.717) is 5.95 Å². The zero-order chi connectivity index (χ0) is 20.6. The molecule has 0 atom stereocenters. The van der Waals surface area contributed by atoms with Gasteiger partial charge in [0.25, 0.3) is 0 Å². The molecule has 0 bridgehead atoms. The van der Waals surface area contributed by atoms with Gasteiger partial charge >= 0.3 is 0 Å². The highest BCUT2D eigenvalue weighted by Gasteiger charge is 2.17. The van der Waals surface area contributed by atoms with E-state index in [0.717, 1.165) is 55.8 Å². The molecule has 0 radical (unpaired) electrons. The minimum absolute atomic E-state index is 0.638. The van der Waals surface area contributed by atoms with Crippen LogP contribution in [0.15, 0.2) is 36.5 Å². The lowest BCUT2D eigenvalue weighted by atomic mass is 9.99. The molecule has 0 saturated carbocycles. The normalized spacial score (nSPS) is 18.4. The number of rotatable bonds is 8. The van der Waals surface area contributed by atoms with Crippen LogP contribution in [0.4, 0.5) is 17.5 Å². The fraction of sp³-hybridized carbons (Fsp3) is 0.565. The number of nitrogens with one attached hydrogen (secondary N) is 1. The molecule has 6 nitrogen and oxygen atoms in total. The smallest absolute Gasteiger partial charge is 0.229 e. The van der Waals surface area contributed by atoms with Crippen LogP contribution in [0, 0.1) is 5.92 Å². The topological polar surface area (TPSA) is 53.5 Å². The Labute approximate surface area is 184 Å². The van der Waals surface area contributed by atoms with Crippen LogP contribution in [0.5, 0.6) is 5.75 Å². The van der Waals surface area contributed by atoms with Gasteiger partial charge < -0.3 is 19.9 Å². The summed E-state index contributed by atoms with van der Waals surface area (Å²) in [4.78, 5) is 14.0. The van der Waals surface area contributed by atoms with Gasteiger partial charge in [0.1, 0.15) is 11.6 Å². The first kappa shape index (κ1) is 21.2. The molecular formula is C23H33N5OS. The molecule has 2 saturated heterocycles. The molecule has 0 amide bonds. The number of anilines is 3. The first-order chi connectivity index (χ1) is 14.8. The van der Waals surface area contributed by atoms with E-state index in [1.165, 1.54) is 37.4 Å². The van der Waals surface area contributed by atoms with E-state index in [2.05, 4.69) is 38.8 Å².